The summed E-state index contributed by atoms with van der Waals surface area (Å²) in [5.41, 5.74) is 7.29. The fourth-order valence-electron chi connectivity index (χ4n) is 2.19. The van der Waals surface area contributed by atoms with Gasteiger partial charge in [0.1, 0.15) is 6.07 Å². The second-order valence-corrected chi connectivity index (χ2v) is 6.50. The Hall–Kier alpha value is -1.68. The van der Waals surface area contributed by atoms with Crippen molar-refractivity contribution in [1.29, 1.82) is 5.26 Å². The van der Waals surface area contributed by atoms with E-state index in [2.05, 4.69) is 5.32 Å². The van der Waals surface area contributed by atoms with Gasteiger partial charge in [-0.05, 0) is 42.9 Å². The van der Waals surface area contributed by atoms with Crippen LogP contribution in [0, 0.1) is 11.3 Å². The van der Waals surface area contributed by atoms with Crippen LogP contribution in [0.4, 0.5) is 5.69 Å². The van der Waals surface area contributed by atoms with E-state index in [-0.39, 0.29) is 5.91 Å². The number of nitriles is 1. The van der Waals surface area contributed by atoms with Gasteiger partial charge < -0.3 is 16.0 Å². The van der Waals surface area contributed by atoms with Gasteiger partial charge in [-0.15, -0.1) is 11.8 Å². The molecule has 5 nitrogen and oxygen atoms in total. The number of hydrogen-bond donors (Lipinski definition) is 2. The second-order valence-electron chi connectivity index (χ2n) is 5.22. The SMILES string of the molecule is N#Cc1ccc(NCCCC[C@H](N)C(=O)N2C=CSC2)cc1Cl. The lowest BCUT2D eigenvalue weighted by Crippen LogP contribution is -2.40. The largest absolute Gasteiger partial charge is 0.385 e. The van der Waals surface area contributed by atoms with Crippen molar-refractivity contribution >= 4 is 35.0 Å². The van der Waals surface area contributed by atoms with Crippen molar-refractivity contribution in [1.82, 2.24) is 4.90 Å². The van der Waals surface area contributed by atoms with Crippen LogP contribution in [0.1, 0.15) is 24.8 Å². The second kappa shape index (κ2) is 8.82. The number of benzene rings is 1. The molecule has 1 aromatic carbocycles. The maximum Gasteiger partial charge on any atom is 0.244 e. The minimum Gasteiger partial charge on any atom is -0.385 e. The summed E-state index contributed by atoms with van der Waals surface area (Å²) in [6.45, 7) is 0.766. The highest BCUT2D eigenvalue weighted by molar-refractivity contribution is 8.02. The molecule has 0 unspecified atom stereocenters. The third kappa shape index (κ3) is 5.17. The standard InChI is InChI=1S/C16H19ClN4OS/c17-14-9-13(5-4-12(14)10-18)20-6-2-1-3-15(19)16(22)21-7-8-23-11-21/h4-5,7-9,15,20H,1-3,6,11,19H2/t15-/m0/s1. The van der Waals surface area contributed by atoms with Gasteiger partial charge >= 0.3 is 0 Å². The van der Waals surface area contributed by atoms with Crippen molar-refractivity contribution in [2.75, 3.05) is 17.7 Å². The van der Waals surface area contributed by atoms with E-state index in [0.29, 0.717) is 22.9 Å². The quantitative estimate of drug-likeness (QED) is 0.738. The normalized spacial score (nSPS) is 14.6. The number of nitrogens with two attached hydrogens (primary N) is 1. The van der Waals surface area contributed by atoms with E-state index in [1.165, 1.54) is 0 Å². The van der Waals surface area contributed by atoms with Crippen molar-refractivity contribution in [3.63, 3.8) is 0 Å². The van der Waals surface area contributed by atoms with E-state index >= 15 is 0 Å². The highest BCUT2D eigenvalue weighted by Crippen LogP contribution is 2.20. The molecule has 0 saturated heterocycles. The predicted octanol–water partition coefficient (Wildman–Crippen LogP) is 3.13. The number of hydrogen-bond acceptors (Lipinski definition) is 5. The molecule has 0 aromatic heterocycles. The molecule has 1 aromatic rings. The number of nitrogens with zero attached hydrogens (tertiary/aromatic N) is 2. The van der Waals surface area contributed by atoms with Crippen LogP contribution in [-0.4, -0.2) is 29.3 Å². The monoisotopic (exact) mass is 350 g/mol. The molecule has 122 valence electrons. The van der Waals surface area contributed by atoms with Crippen LogP contribution in [0.15, 0.2) is 29.8 Å². The van der Waals surface area contributed by atoms with Crippen LogP contribution in [0.3, 0.4) is 0 Å². The Bertz CT molecular complexity index is 629. The van der Waals surface area contributed by atoms with Crippen molar-refractivity contribution < 1.29 is 4.79 Å². The first-order valence-corrected chi connectivity index (χ1v) is 8.82. The number of halogens is 1. The number of carbonyl (C=O) groups is 1. The molecule has 1 amide bonds. The van der Waals surface area contributed by atoms with Gasteiger partial charge in [0.25, 0.3) is 0 Å². The topological polar surface area (TPSA) is 82.1 Å². The highest BCUT2D eigenvalue weighted by atomic mass is 35.5. The zero-order valence-electron chi connectivity index (χ0n) is 12.7. The maximum atomic E-state index is 12.0. The Morgan fingerprint density at radius 3 is 3.00 bits per heavy atom. The molecule has 23 heavy (non-hydrogen) atoms. The number of rotatable bonds is 7. The van der Waals surface area contributed by atoms with E-state index in [4.69, 9.17) is 22.6 Å². The number of carbonyl (C=O) groups excluding carboxylic acids is 1. The van der Waals surface area contributed by atoms with Gasteiger partial charge in [-0.25, -0.2) is 0 Å². The Morgan fingerprint density at radius 1 is 1.52 bits per heavy atom. The van der Waals surface area contributed by atoms with Crippen molar-refractivity contribution in [2.45, 2.75) is 25.3 Å². The smallest absolute Gasteiger partial charge is 0.244 e. The summed E-state index contributed by atoms with van der Waals surface area (Å²) in [5.74, 6) is 0.645. The highest BCUT2D eigenvalue weighted by Gasteiger charge is 2.20. The zero-order chi connectivity index (χ0) is 16.7. The van der Waals surface area contributed by atoms with Gasteiger partial charge in [-0.2, -0.15) is 5.26 Å². The van der Waals surface area contributed by atoms with Crippen molar-refractivity contribution in [3.05, 3.63) is 40.4 Å². The van der Waals surface area contributed by atoms with Crippen LogP contribution in [0.2, 0.25) is 5.02 Å². The lowest BCUT2D eigenvalue weighted by atomic mass is 10.1. The van der Waals surface area contributed by atoms with Gasteiger partial charge in [0.2, 0.25) is 5.91 Å². The molecule has 0 aliphatic carbocycles. The van der Waals surface area contributed by atoms with Gasteiger partial charge in [0.05, 0.1) is 22.5 Å². The lowest BCUT2D eigenvalue weighted by molar-refractivity contribution is -0.129. The van der Waals surface area contributed by atoms with E-state index < -0.39 is 6.04 Å². The molecule has 1 atom stereocenters. The molecule has 0 fully saturated rings. The molecular weight excluding hydrogens is 332 g/mol. The summed E-state index contributed by atoms with van der Waals surface area (Å²) in [6, 6.07) is 6.86. The van der Waals surface area contributed by atoms with E-state index in [0.717, 1.165) is 25.1 Å². The molecule has 7 heteroatoms. The number of thioether (sulfide) groups is 1. The molecule has 0 saturated carbocycles. The van der Waals surface area contributed by atoms with Crippen LogP contribution in [0.5, 0.6) is 0 Å². The summed E-state index contributed by atoms with van der Waals surface area (Å²) in [6.07, 6.45) is 4.23. The molecule has 2 rings (SSSR count). The van der Waals surface area contributed by atoms with E-state index in [1.54, 1.807) is 35.0 Å². The molecular formula is C16H19ClN4OS. The van der Waals surface area contributed by atoms with Gasteiger partial charge in [0.15, 0.2) is 0 Å². The van der Waals surface area contributed by atoms with Gasteiger partial charge in [-0.3, -0.25) is 4.79 Å². The molecule has 0 spiro atoms. The summed E-state index contributed by atoms with van der Waals surface area (Å²) >= 11 is 7.57. The lowest BCUT2D eigenvalue weighted by Gasteiger charge is -2.18. The van der Waals surface area contributed by atoms with Crippen LogP contribution in [-0.2, 0) is 4.79 Å². The van der Waals surface area contributed by atoms with Crippen LogP contribution < -0.4 is 11.1 Å². The first-order chi connectivity index (χ1) is 11.1. The minimum absolute atomic E-state index is 0.0157. The van der Waals surface area contributed by atoms with Gasteiger partial charge in [0, 0.05) is 18.4 Å². The summed E-state index contributed by atoms with van der Waals surface area (Å²) < 4.78 is 0. The van der Waals surface area contributed by atoms with E-state index in [1.807, 2.05) is 17.5 Å². The molecule has 0 radical (unpaired) electrons. The van der Waals surface area contributed by atoms with Crippen LogP contribution >= 0.6 is 23.4 Å². The molecule has 0 bridgehead atoms. The Labute approximate surface area is 145 Å². The molecule has 1 aliphatic rings. The van der Waals surface area contributed by atoms with E-state index in [9.17, 15) is 4.79 Å². The Balaban J connectivity index is 1.65. The summed E-state index contributed by atoms with van der Waals surface area (Å²) in [7, 11) is 0. The van der Waals surface area contributed by atoms with Gasteiger partial charge in [-0.1, -0.05) is 11.6 Å². The molecule has 1 heterocycles. The zero-order valence-corrected chi connectivity index (χ0v) is 14.2. The van der Waals surface area contributed by atoms with Crippen LogP contribution in [0.25, 0.3) is 0 Å². The molecule has 3 N–H and O–H groups in total. The third-order valence-corrected chi connectivity index (χ3v) is 4.57. The van der Waals surface area contributed by atoms with Crippen molar-refractivity contribution in [2.24, 2.45) is 5.73 Å². The first kappa shape index (κ1) is 17.7. The first-order valence-electron chi connectivity index (χ1n) is 7.39. The summed E-state index contributed by atoms with van der Waals surface area (Å²) in [5, 5.41) is 14.4. The fourth-order valence-corrected chi connectivity index (χ4v) is 3.11. The number of amides is 1. The third-order valence-electron chi connectivity index (χ3n) is 3.51. The Morgan fingerprint density at radius 2 is 2.35 bits per heavy atom. The maximum absolute atomic E-state index is 12.0. The predicted molar refractivity (Wildman–Crippen MR) is 94.9 cm³/mol. The Kier molecular flexibility index (Phi) is 6.78. The van der Waals surface area contributed by atoms with Crippen molar-refractivity contribution in [3.8, 4) is 6.07 Å². The average Bonchev–Trinajstić information content (AvgIpc) is 3.08. The number of anilines is 1. The fraction of sp³-hybridized carbons (Fsp3) is 0.375. The molecule has 1 aliphatic heterocycles. The average molecular weight is 351 g/mol. The summed E-state index contributed by atoms with van der Waals surface area (Å²) in [4.78, 5) is 13.7. The minimum atomic E-state index is -0.442. The number of unbranched alkanes of at least 4 members (excludes halogenated alkanes) is 1. The number of nitrogens with one attached hydrogen (secondary N) is 1.